The summed E-state index contributed by atoms with van der Waals surface area (Å²) in [6.45, 7) is 2.10. The van der Waals surface area contributed by atoms with Crippen molar-refractivity contribution in [3.63, 3.8) is 0 Å². The minimum absolute atomic E-state index is 1.08. The van der Waals surface area contributed by atoms with Crippen LogP contribution in [0.15, 0.2) is 17.6 Å². The molecule has 0 radical (unpaired) electrons. The second kappa shape index (κ2) is 2.75. The zero-order valence-corrected chi connectivity index (χ0v) is 7.90. The van der Waals surface area contributed by atoms with E-state index in [0.717, 1.165) is 11.2 Å². The number of aryl methyl sites for hydroxylation is 1. The molecule has 62 valence electrons. The Labute approximate surface area is 75.3 Å². The fourth-order valence-electron chi connectivity index (χ4n) is 1.27. The first-order valence-electron chi connectivity index (χ1n) is 3.83. The first-order valence-corrected chi connectivity index (χ1v) is 4.71. The summed E-state index contributed by atoms with van der Waals surface area (Å²) in [6.07, 6.45) is 0. The van der Waals surface area contributed by atoms with Crippen molar-refractivity contribution in [3.8, 4) is 0 Å². The summed E-state index contributed by atoms with van der Waals surface area (Å²) < 4.78 is 1.26. The van der Waals surface area contributed by atoms with E-state index in [4.69, 9.17) is 0 Å². The first-order chi connectivity index (χ1) is 5.81. The van der Waals surface area contributed by atoms with Crippen LogP contribution in [0, 0.1) is 6.92 Å². The zero-order valence-electron chi connectivity index (χ0n) is 7.09. The van der Waals surface area contributed by atoms with Crippen LogP contribution in [0.5, 0.6) is 0 Å². The third-order valence-corrected chi connectivity index (χ3v) is 2.74. The molecule has 2 aromatic rings. The maximum absolute atomic E-state index is 4.25. The van der Waals surface area contributed by atoms with Gasteiger partial charge in [-0.25, -0.2) is 4.98 Å². The van der Waals surface area contributed by atoms with E-state index in [0.29, 0.717) is 0 Å². The molecule has 2 rings (SSSR count). The summed E-state index contributed by atoms with van der Waals surface area (Å²) in [4.78, 5) is 4.25. The van der Waals surface area contributed by atoms with Gasteiger partial charge >= 0.3 is 0 Å². The Morgan fingerprint density at radius 3 is 3.00 bits per heavy atom. The molecule has 0 fully saturated rings. The van der Waals surface area contributed by atoms with Crippen molar-refractivity contribution in [2.75, 3.05) is 12.4 Å². The SMILES string of the molecule is CNc1cc2ncsc2cc1C. The lowest BCUT2D eigenvalue weighted by molar-refractivity contribution is 1.41. The van der Waals surface area contributed by atoms with Gasteiger partial charge in [-0.1, -0.05) is 0 Å². The molecular weight excluding hydrogens is 168 g/mol. The lowest BCUT2D eigenvalue weighted by Gasteiger charge is -2.03. The lowest BCUT2D eigenvalue weighted by atomic mass is 10.2. The van der Waals surface area contributed by atoms with Crippen LogP contribution in [-0.2, 0) is 0 Å². The average molecular weight is 178 g/mol. The number of rotatable bonds is 1. The Morgan fingerprint density at radius 1 is 1.42 bits per heavy atom. The van der Waals surface area contributed by atoms with Gasteiger partial charge in [0.15, 0.2) is 0 Å². The maximum Gasteiger partial charge on any atom is 0.0832 e. The number of aromatic nitrogens is 1. The van der Waals surface area contributed by atoms with Crippen molar-refractivity contribution in [3.05, 3.63) is 23.2 Å². The summed E-state index contributed by atoms with van der Waals surface area (Å²) in [6, 6.07) is 4.25. The molecule has 0 aliphatic rings. The number of benzene rings is 1. The monoisotopic (exact) mass is 178 g/mol. The highest BCUT2D eigenvalue weighted by Crippen LogP contribution is 2.24. The van der Waals surface area contributed by atoms with Crippen molar-refractivity contribution in [1.29, 1.82) is 0 Å². The van der Waals surface area contributed by atoms with Gasteiger partial charge in [0, 0.05) is 12.7 Å². The van der Waals surface area contributed by atoms with Gasteiger partial charge in [-0.3, -0.25) is 0 Å². The fraction of sp³-hybridized carbons (Fsp3) is 0.222. The van der Waals surface area contributed by atoms with Gasteiger partial charge in [-0.15, -0.1) is 11.3 Å². The van der Waals surface area contributed by atoms with E-state index in [9.17, 15) is 0 Å². The Balaban J connectivity index is 2.73. The normalized spacial score (nSPS) is 10.5. The molecule has 0 atom stereocenters. The lowest BCUT2D eigenvalue weighted by Crippen LogP contribution is -1.90. The number of nitrogens with zero attached hydrogens (tertiary/aromatic N) is 1. The highest BCUT2D eigenvalue weighted by atomic mass is 32.1. The molecule has 0 saturated carbocycles. The van der Waals surface area contributed by atoms with Crippen molar-refractivity contribution >= 4 is 27.2 Å². The Kier molecular flexibility index (Phi) is 1.73. The fourth-order valence-corrected chi connectivity index (χ4v) is 2.03. The smallest absolute Gasteiger partial charge is 0.0832 e. The molecule has 0 aliphatic carbocycles. The molecule has 1 aromatic carbocycles. The van der Waals surface area contributed by atoms with Gasteiger partial charge in [-0.05, 0) is 24.6 Å². The van der Waals surface area contributed by atoms with Gasteiger partial charge in [0.1, 0.15) is 0 Å². The van der Waals surface area contributed by atoms with Crippen molar-refractivity contribution in [2.24, 2.45) is 0 Å². The Hall–Kier alpha value is -1.09. The third kappa shape index (κ3) is 1.06. The van der Waals surface area contributed by atoms with E-state index in [1.807, 2.05) is 12.6 Å². The quantitative estimate of drug-likeness (QED) is 0.726. The van der Waals surface area contributed by atoms with Crippen molar-refractivity contribution in [2.45, 2.75) is 6.92 Å². The molecule has 0 spiro atoms. The number of fused-ring (bicyclic) bond motifs is 1. The number of hydrogen-bond acceptors (Lipinski definition) is 3. The van der Waals surface area contributed by atoms with Gasteiger partial charge in [0.2, 0.25) is 0 Å². The second-order valence-corrected chi connectivity index (χ2v) is 3.62. The highest BCUT2D eigenvalue weighted by molar-refractivity contribution is 7.16. The molecule has 12 heavy (non-hydrogen) atoms. The number of hydrogen-bond donors (Lipinski definition) is 1. The Morgan fingerprint density at radius 2 is 2.25 bits per heavy atom. The van der Waals surface area contributed by atoms with Crippen molar-refractivity contribution in [1.82, 2.24) is 4.98 Å². The number of anilines is 1. The van der Waals surface area contributed by atoms with Gasteiger partial charge < -0.3 is 5.32 Å². The molecule has 0 amide bonds. The molecule has 0 bridgehead atoms. The van der Waals surface area contributed by atoms with Gasteiger partial charge in [0.25, 0.3) is 0 Å². The molecule has 0 unspecified atom stereocenters. The minimum Gasteiger partial charge on any atom is -0.388 e. The predicted molar refractivity (Wildman–Crippen MR) is 53.9 cm³/mol. The predicted octanol–water partition coefficient (Wildman–Crippen LogP) is 2.65. The van der Waals surface area contributed by atoms with Crippen LogP contribution >= 0.6 is 11.3 Å². The average Bonchev–Trinajstić information content (AvgIpc) is 2.49. The zero-order chi connectivity index (χ0) is 8.55. The molecule has 1 aromatic heterocycles. The highest BCUT2D eigenvalue weighted by Gasteiger charge is 2.00. The number of nitrogens with one attached hydrogen (secondary N) is 1. The van der Waals surface area contributed by atoms with Crippen LogP contribution < -0.4 is 5.32 Å². The van der Waals surface area contributed by atoms with Crippen LogP contribution in [0.1, 0.15) is 5.56 Å². The molecule has 0 saturated heterocycles. The summed E-state index contributed by atoms with van der Waals surface area (Å²) in [5.41, 5.74) is 5.39. The number of thiazole rings is 1. The maximum atomic E-state index is 4.25. The Bertz CT molecular complexity index is 406. The largest absolute Gasteiger partial charge is 0.388 e. The van der Waals surface area contributed by atoms with Gasteiger partial charge in [0.05, 0.1) is 15.7 Å². The second-order valence-electron chi connectivity index (χ2n) is 2.74. The van der Waals surface area contributed by atoms with E-state index in [1.165, 1.54) is 10.3 Å². The van der Waals surface area contributed by atoms with E-state index in [2.05, 4.69) is 29.4 Å². The first kappa shape index (κ1) is 7.55. The molecular formula is C9H10N2S. The van der Waals surface area contributed by atoms with Crippen LogP contribution in [-0.4, -0.2) is 12.0 Å². The van der Waals surface area contributed by atoms with Crippen molar-refractivity contribution < 1.29 is 0 Å². The van der Waals surface area contributed by atoms with Crippen LogP contribution in [0.2, 0.25) is 0 Å². The summed E-state index contributed by atoms with van der Waals surface area (Å²) in [5, 5.41) is 3.14. The van der Waals surface area contributed by atoms with Gasteiger partial charge in [-0.2, -0.15) is 0 Å². The van der Waals surface area contributed by atoms with E-state index in [1.54, 1.807) is 11.3 Å². The molecule has 1 N–H and O–H groups in total. The van der Waals surface area contributed by atoms with E-state index in [-0.39, 0.29) is 0 Å². The molecule has 2 nitrogen and oxygen atoms in total. The molecule has 3 heteroatoms. The third-order valence-electron chi connectivity index (χ3n) is 1.95. The summed E-state index contributed by atoms with van der Waals surface area (Å²) in [5.74, 6) is 0. The molecule has 0 aliphatic heterocycles. The van der Waals surface area contributed by atoms with Crippen LogP contribution in [0.3, 0.4) is 0 Å². The van der Waals surface area contributed by atoms with E-state index < -0.39 is 0 Å². The minimum atomic E-state index is 1.08. The standard InChI is InChI=1S/C9H10N2S/c1-6-3-9-8(11-5-12-9)4-7(6)10-2/h3-5,10H,1-2H3. The van der Waals surface area contributed by atoms with Crippen LogP contribution in [0.25, 0.3) is 10.2 Å². The summed E-state index contributed by atoms with van der Waals surface area (Å²) in [7, 11) is 1.93. The van der Waals surface area contributed by atoms with Crippen LogP contribution in [0.4, 0.5) is 5.69 Å². The summed E-state index contributed by atoms with van der Waals surface area (Å²) >= 11 is 1.68. The molecule has 1 heterocycles. The topological polar surface area (TPSA) is 24.9 Å². The van der Waals surface area contributed by atoms with E-state index >= 15 is 0 Å².